The smallest absolute Gasteiger partial charge is 0.255 e. The third kappa shape index (κ3) is 4.44. The molecule has 1 aliphatic heterocycles. The number of nitrogens with two attached hydrogens (primary N) is 1. The molecule has 8 N–H and O–H groups in total. The number of Topliss-reactive ketones (excluding diaryl/α,β-unsaturated/α-hetero) is 2. The summed E-state index contributed by atoms with van der Waals surface area (Å²) in [5, 5.41) is 59.8. The van der Waals surface area contributed by atoms with Crippen LogP contribution in [0.15, 0.2) is 29.0 Å². The summed E-state index contributed by atoms with van der Waals surface area (Å²) in [6.07, 6.45) is 0.338. The molecule has 4 aliphatic rings. The van der Waals surface area contributed by atoms with E-state index in [1.54, 1.807) is 13.0 Å². The van der Waals surface area contributed by atoms with Crippen LogP contribution in [0.1, 0.15) is 43.7 Å². The maximum Gasteiger partial charge on any atom is 0.255 e. The lowest BCUT2D eigenvalue weighted by Gasteiger charge is -2.53. The van der Waals surface area contributed by atoms with Crippen molar-refractivity contribution in [1.29, 1.82) is 0 Å². The van der Waals surface area contributed by atoms with Crippen LogP contribution in [0.4, 0.5) is 5.69 Å². The van der Waals surface area contributed by atoms with Crippen LogP contribution >= 0.6 is 0 Å². The summed E-state index contributed by atoms with van der Waals surface area (Å²) in [5.74, 6) is -9.55. The number of nitrogens with zero attached hydrogens (tertiary/aromatic N) is 2. The highest BCUT2D eigenvalue weighted by molar-refractivity contribution is 6.24. The number of benzene rings is 1. The van der Waals surface area contributed by atoms with Crippen molar-refractivity contribution in [3.8, 4) is 5.75 Å². The van der Waals surface area contributed by atoms with Gasteiger partial charge in [-0.3, -0.25) is 29.0 Å². The zero-order chi connectivity index (χ0) is 31.7. The molecule has 1 heterocycles. The van der Waals surface area contributed by atoms with Crippen molar-refractivity contribution in [2.24, 2.45) is 23.5 Å². The van der Waals surface area contributed by atoms with Gasteiger partial charge in [0, 0.05) is 18.0 Å². The van der Waals surface area contributed by atoms with Crippen LogP contribution in [0.25, 0.3) is 5.76 Å². The van der Waals surface area contributed by atoms with E-state index < -0.39 is 81.4 Å². The molecule has 2 amide bonds. The molecule has 13 nitrogen and oxygen atoms in total. The monoisotopic (exact) mass is 598 g/mol. The normalized spacial score (nSPS) is 32.5. The molecule has 1 saturated carbocycles. The van der Waals surface area contributed by atoms with Crippen molar-refractivity contribution < 1.29 is 44.7 Å². The number of phenolic OH excluding ortho intramolecular Hbond substituents is 1. The number of aliphatic hydroxyl groups is 4. The number of hydrogen-bond acceptors (Lipinski definition) is 11. The van der Waals surface area contributed by atoms with E-state index in [9.17, 15) is 44.7 Å². The maximum atomic E-state index is 14.1. The number of nitrogens with one attached hydrogen (secondary N) is 1. The van der Waals surface area contributed by atoms with Gasteiger partial charge in [-0.15, -0.1) is 0 Å². The molecule has 1 aromatic rings. The van der Waals surface area contributed by atoms with Crippen LogP contribution in [-0.4, -0.2) is 110 Å². The zero-order valence-electron chi connectivity index (χ0n) is 24.5. The second kappa shape index (κ2) is 10.7. The second-order valence-corrected chi connectivity index (χ2v) is 12.3. The van der Waals surface area contributed by atoms with Gasteiger partial charge in [-0.05, 0) is 50.5 Å². The number of fused-ring (bicyclic) bond motifs is 3. The van der Waals surface area contributed by atoms with E-state index in [1.807, 2.05) is 4.90 Å². The number of hydrogen-bond donors (Lipinski definition) is 7. The molecule has 0 aromatic heterocycles. The van der Waals surface area contributed by atoms with Crippen molar-refractivity contribution >= 4 is 34.8 Å². The molecular weight excluding hydrogens is 560 g/mol. The molecule has 0 spiro atoms. The fourth-order valence-corrected chi connectivity index (χ4v) is 7.50. The number of likely N-dealkylation sites (tertiary alicyclic amines) is 1. The van der Waals surface area contributed by atoms with Gasteiger partial charge in [0.1, 0.15) is 22.8 Å². The first-order valence-corrected chi connectivity index (χ1v) is 14.4. The molecule has 3 aliphatic carbocycles. The predicted molar refractivity (Wildman–Crippen MR) is 154 cm³/mol. The first kappa shape index (κ1) is 30.7. The lowest BCUT2D eigenvalue weighted by molar-refractivity contribution is -0.169. The van der Waals surface area contributed by atoms with Crippen LogP contribution in [-0.2, 0) is 19.2 Å². The van der Waals surface area contributed by atoms with Gasteiger partial charge < -0.3 is 36.6 Å². The lowest BCUT2D eigenvalue weighted by atomic mass is 9.54. The average molecular weight is 599 g/mol. The van der Waals surface area contributed by atoms with Crippen molar-refractivity contribution in [2.45, 2.75) is 50.4 Å². The van der Waals surface area contributed by atoms with E-state index in [2.05, 4.69) is 12.2 Å². The van der Waals surface area contributed by atoms with Crippen molar-refractivity contribution in [2.75, 3.05) is 39.0 Å². The number of aromatic hydroxyl groups is 1. The highest BCUT2D eigenvalue weighted by Gasteiger charge is 2.68. The summed E-state index contributed by atoms with van der Waals surface area (Å²) in [6.45, 7) is 5.42. The summed E-state index contributed by atoms with van der Waals surface area (Å²) in [4.78, 5) is 55.7. The summed E-state index contributed by atoms with van der Waals surface area (Å²) in [5.41, 5.74) is 1.05. The second-order valence-electron chi connectivity index (χ2n) is 12.3. The quantitative estimate of drug-likeness (QED) is 0.173. The molecule has 7 atom stereocenters. The average Bonchev–Trinajstić information content (AvgIpc) is 3.39. The van der Waals surface area contributed by atoms with Gasteiger partial charge in [0.25, 0.3) is 5.91 Å². The Balaban J connectivity index is 1.58. The van der Waals surface area contributed by atoms with Crippen LogP contribution in [0.5, 0.6) is 5.75 Å². The number of phenols is 1. The highest BCUT2D eigenvalue weighted by Crippen LogP contribution is 2.56. The van der Waals surface area contributed by atoms with Crippen LogP contribution < -0.4 is 11.1 Å². The van der Waals surface area contributed by atoms with E-state index >= 15 is 0 Å². The van der Waals surface area contributed by atoms with Crippen molar-refractivity contribution in [3.05, 3.63) is 40.2 Å². The Morgan fingerprint density at radius 3 is 2.44 bits per heavy atom. The molecule has 232 valence electrons. The molecule has 5 unspecified atom stereocenters. The molecule has 0 radical (unpaired) electrons. The highest BCUT2D eigenvalue weighted by atomic mass is 16.4. The van der Waals surface area contributed by atoms with Gasteiger partial charge in [0.05, 0.1) is 35.9 Å². The van der Waals surface area contributed by atoms with Crippen molar-refractivity contribution in [3.63, 3.8) is 0 Å². The Morgan fingerprint density at radius 1 is 1.19 bits per heavy atom. The van der Waals surface area contributed by atoms with Crippen molar-refractivity contribution in [1.82, 2.24) is 9.80 Å². The summed E-state index contributed by atoms with van der Waals surface area (Å²) in [6, 6.07) is 1.60. The summed E-state index contributed by atoms with van der Waals surface area (Å²) < 4.78 is 0. The van der Waals surface area contributed by atoms with Gasteiger partial charge in [0.2, 0.25) is 11.7 Å². The molecule has 43 heavy (non-hydrogen) atoms. The van der Waals surface area contributed by atoms with E-state index in [1.165, 1.54) is 25.1 Å². The summed E-state index contributed by atoms with van der Waals surface area (Å²) in [7, 11) is 2.90. The largest absolute Gasteiger partial charge is 0.508 e. The molecule has 0 bridgehead atoms. The summed E-state index contributed by atoms with van der Waals surface area (Å²) >= 11 is 0. The molecule has 13 heteroatoms. The SMILES string of the molecule is CCC1CCN(CC(=O)Nc2ccc3c(c2O)C(O)=C2C(=O)[C@]4(O)C(O)=C(C(N)=O)C(=O)[C@@H](N(C)C)C4C(O)C2C3C)C1. The Bertz CT molecular complexity index is 1480. The Kier molecular flexibility index (Phi) is 7.66. The van der Waals surface area contributed by atoms with E-state index in [0.717, 1.165) is 25.9 Å². The van der Waals surface area contributed by atoms with Gasteiger partial charge in [-0.25, -0.2) is 0 Å². The molecule has 2 fully saturated rings. The number of carbonyl (C=O) groups is 4. The fourth-order valence-electron chi connectivity index (χ4n) is 7.50. The Morgan fingerprint density at radius 2 is 1.86 bits per heavy atom. The van der Waals surface area contributed by atoms with Gasteiger partial charge in [0.15, 0.2) is 11.4 Å². The van der Waals surface area contributed by atoms with Gasteiger partial charge in [-0.1, -0.05) is 26.3 Å². The minimum Gasteiger partial charge on any atom is -0.508 e. The third-order valence-electron chi connectivity index (χ3n) is 9.72. The van der Waals surface area contributed by atoms with Crippen LogP contribution in [0.3, 0.4) is 0 Å². The lowest BCUT2D eigenvalue weighted by Crippen LogP contribution is -2.70. The first-order valence-electron chi connectivity index (χ1n) is 14.4. The molecule has 1 saturated heterocycles. The van der Waals surface area contributed by atoms with E-state index in [-0.39, 0.29) is 23.7 Å². The Hall–Kier alpha value is -3.78. The maximum absolute atomic E-state index is 14.1. The van der Waals surface area contributed by atoms with Gasteiger partial charge in [-0.2, -0.15) is 0 Å². The topological polar surface area (TPSA) is 214 Å². The first-order chi connectivity index (χ1) is 20.2. The molecular formula is C30H38N4O9. The number of primary amides is 1. The van der Waals surface area contributed by atoms with E-state index in [0.29, 0.717) is 11.5 Å². The molecule has 1 aromatic carbocycles. The van der Waals surface area contributed by atoms with Crippen LogP contribution in [0, 0.1) is 17.8 Å². The number of ketones is 2. The predicted octanol–water partition coefficient (Wildman–Crippen LogP) is 0.166. The number of aliphatic hydroxyl groups excluding tert-OH is 3. The van der Waals surface area contributed by atoms with Gasteiger partial charge >= 0.3 is 0 Å². The number of anilines is 1. The zero-order valence-corrected chi connectivity index (χ0v) is 24.5. The van der Waals surface area contributed by atoms with Crippen LogP contribution in [0.2, 0.25) is 0 Å². The number of amides is 2. The number of carbonyl (C=O) groups excluding carboxylic acids is 4. The number of likely N-dealkylation sites (N-methyl/N-ethyl adjacent to an activating group) is 1. The third-order valence-corrected chi connectivity index (χ3v) is 9.72. The number of rotatable bonds is 6. The molecule has 5 rings (SSSR count). The minimum absolute atomic E-state index is 0.0112. The van der Waals surface area contributed by atoms with E-state index in [4.69, 9.17) is 5.73 Å². The Labute approximate surface area is 248 Å². The fraction of sp³-hybridized carbons (Fsp3) is 0.533. The minimum atomic E-state index is -2.99. The standard InChI is InChI=1S/C30H38N4O9/c1-5-13-8-9-34(10-13)11-16(35)32-15-7-6-14-12(2)17-19(24(37)18(14)23(15)36)27(40)30(43)21(25(17)38)22(33(3)4)26(39)20(28(30)41)29(31)42/h6-7,12-13,17,21-22,25,36-38,41,43H,5,8-11H2,1-4H3,(H2,31,42)(H,32,35)/t12?,13?,17?,21?,22-,25?,30-/m0/s1.